The summed E-state index contributed by atoms with van der Waals surface area (Å²) in [5.41, 5.74) is 6.70. The molecule has 0 saturated heterocycles. The topological polar surface area (TPSA) is 85.4 Å². The molecule has 0 radical (unpaired) electrons. The number of rotatable bonds is 6. The van der Waals surface area contributed by atoms with Gasteiger partial charge in [-0.05, 0) is 26.9 Å². The van der Waals surface area contributed by atoms with Crippen LogP contribution in [-0.4, -0.2) is 51.1 Å². The van der Waals surface area contributed by atoms with Crippen LogP contribution in [0.1, 0.15) is 28.1 Å². The van der Waals surface area contributed by atoms with Gasteiger partial charge in [-0.25, -0.2) is 0 Å². The van der Waals surface area contributed by atoms with Crippen molar-refractivity contribution in [1.82, 2.24) is 10.2 Å². The monoisotopic (exact) mass is 307 g/mol. The maximum atomic E-state index is 12.2. The maximum absolute atomic E-state index is 12.2. The van der Waals surface area contributed by atoms with Gasteiger partial charge in [0.25, 0.3) is 5.91 Å². The van der Waals surface area contributed by atoms with Crippen LogP contribution in [0.3, 0.4) is 0 Å². The fraction of sp³-hybridized carbons (Fsp3) is 0.571. The highest BCUT2D eigenvalue weighted by atomic mass is 32.1. The molecule has 0 aromatic carbocycles. The van der Waals surface area contributed by atoms with E-state index in [9.17, 15) is 10.1 Å². The molecule has 0 atom stereocenters. The molecule has 0 spiro atoms. The quantitative estimate of drug-likeness (QED) is 0.822. The SMILES string of the molecule is CN(C)CCN(C)c1sc(C(=O)NC2CC2)c(N)c1C#N. The summed E-state index contributed by atoms with van der Waals surface area (Å²) in [6.07, 6.45) is 2.05. The largest absolute Gasteiger partial charge is 0.396 e. The number of hydrogen-bond donors (Lipinski definition) is 2. The van der Waals surface area contributed by atoms with Gasteiger partial charge in [-0.2, -0.15) is 5.26 Å². The number of carbonyl (C=O) groups is 1. The van der Waals surface area contributed by atoms with Crippen LogP contribution in [-0.2, 0) is 0 Å². The van der Waals surface area contributed by atoms with E-state index in [-0.39, 0.29) is 11.9 Å². The lowest BCUT2D eigenvalue weighted by molar-refractivity contribution is 0.0956. The molecular formula is C14H21N5OS. The van der Waals surface area contributed by atoms with E-state index in [0.717, 1.165) is 30.9 Å². The smallest absolute Gasteiger partial charge is 0.263 e. The van der Waals surface area contributed by atoms with Crippen molar-refractivity contribution in [1.29, 1.82) is 5.26 Å². The molecule has 1 amide bonds. The van der Waals surface area contributed by atoms with Crippen molar-refractivity contribution in [2.45, 2.75) is 18.9 Å². The molecule has 21 heavy (non-hydrogen) atoms. The molecule has 1 saturated carbocycles. The van der Waals surface area contributed by atoms with Crippen LogP contribution in [0.4, 0.5) is 10.7 Å². The summed E-state index contributed by atoms with van der Waals surface area (Å²) in [5.74, 6) is -0.163. The van der Waals surface area contributed by atoms with Crippen molar-refractivity contribution in [3.8, 4) is 6.07 Å². The number of nitrogens with one attached hydrogen (secondary N) is 1. The van der Waals surface area contributed by atoms with E-state index in [0.29, 0.717) is 16.1 Å². The molecule has 6 nitrogen and oxygen atoms in total. The predicted octanol–water partition coefficient (Wildman–Crippen LogP) is 1.09. The Balaban J connectivity index is 2.20. The van der Waals surface area contributed by atoms with Gasteiger partial charge >= 0.3 is 0 Å². The third kappa shape index (κ3) is 3.65. The predicted molar refractivity (Wildman–Crippen MR) is 85.8 cm³/mol. The van der Waals surface area contributed by atoms with Crippen molar-refractivity contribution < 1.29 is 4.79 Å². The zero-order chi connectivity index (χ0) is 15.6. The second kappa shape index (κ2) is 6.33. The first-order chi connectivity index (χ1) is 9.93. The number of nitrogens with two attached hydrogens (primary N) is 1. The van der Waals surface area contributed by atoms with Crippen LogP contribution in [0.2, 0.25) is 0 Å². The van der Waals surface area contributed by atoms with Gasteiger partial charge in [0.15, 0.2) is 0 Å². The number of amides is 1. The molecule has 1 aliphatic rings. The first-order valence-corrected chi connectivity index (χ1v) is 7.74. The Hall–Kier alpha value is -1.78. The second-order valence-corrected chi connectivity index (χ2v) is 6.61. The zero-order valence-electron chi connectivity index (χ0n) is 12.6. The third-order valence-corrected chi connectivity index (χ3v) is 4.71. The average molecular weight is 307 g/mol. The van der Waals surface area contributed by atoms with Gasteiger partial charge in [-0.3, -0.25) is 4.79 Å². The van der Waals surface area contributed by atoms with E-state index in [1.54, 1.807) is 0 Å². The van der Waals surface area contributed by atoms with Gasteiger partial charge in [0.2, 0.25) is 0 Å². The Morgan fingerprint density at radius 3 is 2.62 bits per heavy atom. The van der Waals surface area contributed by atoms with Gasteiger partial charge in [0.1, 0.15) is 21.5 Å². The average Bonchev–Trinajstić information content (AvgIpc) is 3.17. The summed E-state index contributed by atoms with van der Waals surface area (Å²) < 4.78 is 0. The molecule has 1 aliphatic carbocycles. The van der Waals surface area contributed by atoms with Gasteiger partial charge in [-0.1, -0.05) is 0 Å². The zero-order valence-corrected chi connectivity index (χ0v) is 13.5. The van der Waals surface area contributed by atoms with Crippen molar-refractivity contribution in [3.05, 3.63) is 10.4 Å². The molecule has 3 N–H and O–H groups in total. The normalized spacial score (nSPS) is 14.0. The number of thiophene rings is 1. The first-order valence-electron chi connectivity index (χ1n) is 6.93. The Kier molecular flexibility index (Phi) is 4.70. The highest BCUT2D eigenvalue weighted by Crippen LogP contribution is 2.37. The number of carbonyl (C=O) groups excluding carboxylic acids is 1. The highest BCUT2D eigenvalue weighted by Gasteiger charge is 2.28. The molecule has 0 unspecified atom stereocenters. The first kappa shape index (κ1) is 15.6. The Bertz CT molecular complexity index is 571. The summed E-state index contributed by atoms with van der Waals surface area (Å²) in [7, 11) is 5.91. The summed E-state index contributed by atoms with van der Waals surface area (Å²) >= 11 is 1.30. The van der Waals surface area contributed by atoms with Gasteiger partial charge < -0.3 is 20.9 Å². The van der Waals surface area contributed by atoms with E-state index < -0.39 is 0 Å². The molecule has 1 aromatic heterocycles. The number of nitrogen functional groups attached to an aromatic ring is 1. The van der Waals surface area contributed by atoms with Crippen molar-refractivity contribution in [2.24, 2.45) is 0 Å². The van der Waals surface area contributed by atoms with Crippen molar-refractivity contribution in [3.63, 3.8) is 0 Å². The molecule has 7 heteroatoms. The lowest BCUT2D eigenvalue weighted by Crippen LogP contribution is -2.28. The van der Waals surface area contributed by atoms with Crippen LogP contribution in [0, 0.1) is 11.3 Å². The summed E-state index contributed by atoms with van der Waals surface area (Å²) in [5, 5.41) is 13.0. The van der Waals surface area contributed by atoms with Gasteiger partial charge in [0.05, 0.1) is 5.69 Å². The van der Waals surface area contributed by atoms with Crippen LogP contribution in [0.25, 0.3) is 0 Å². The minimum atomic E-state index is -0.163. The fourth-order valence-electron chi connectivity index (χ4n) is 1.91. The van der Waals surface area contributed by atoms with E-state index in [2.05, 4.69) is 16.3 Å². The fourth-order valence-corrected chi connectivity index (χ4v) is 2.97. The van der Waals surface area contributed by atoms with Crippen LogP contribution >= 0.6 is 11.3 Å². The Morgan fingerprint density at radius 2 is 2.10 bits per heavy atom. The van der Waals surface area contributed by atoms with Gasteiger partial charge in [0, 0.05) is 26.2 Å². The van der Waals surface area contributed by atoms with E-state index in [4.69, 9.17) is 5.73 Å². The minimum absolute atomic E-state index is 0.163. The maximum Gasteiger partial charge on any atom is 0.263 e. The van der Waals surface area contributed by atoms with E-state index in [1.807, 2.05) is 26.0 Å². The number of nitriles is 1. The van der Waals surface area contributed by atoms with Gasteiger partial charge in [-0.15, -0.1) is 11.3 Å². The van der Waals surface area contributed by atoms with Crippen molar-refractivity contribution >= 4 is 27.9 Å². The summed E-state index contributed by atoms with van der Waals surface area (Å²) in [6, 6.07) is 2.40. The second-order valence-electron chi connectivity index (χ2n) is 5.61. The molecule has 1 fully saturated rings. The summed E-state index contributed by atoms with van der Waals surface area (Å²) in [6.45, 7) is 1.63. The standard InChI is InChI=1S/C14H21N5OS/c1-18(2)6-7-19(3)14-10(8-15)11(16)12(21-14)13(20)17-9-4-5-9/h9H,4-7,16H2,1-3H3,(H,17,20). The Morgan fingerprint density at radius 1 is 1.43 bits per heavy atom. The van der Waals surface area contributed by atoms with E-state index >= 15 is 0 Å². The highest BCUT2D eigenvalue weighted by molar-refractivity contribution is 7.19. The lowest BCUT2D eigenvalue weighted by atomic mass is 10.2. The number of anilines is 2. The molecule has 0 bridgehead atoms. The van der Waals surface area contributed by atoms with E-state index in [1.165, 1.54) is 11.3 Å². The summed E-state index contributed by atoms with van der Waals surface area (Å²) in [4.78, 5) is 16.7. The van der Waals surface area contributed by atoms with Crippen molar-refractivity contribution in [2.75, 3.05) is 44.9 Å². The molecule has 1 aromatic rings. The number of hydrogen-bond acceptors (Lipinski definition) is 6. The van der Waals surface area contributed by atoms with Crippen LogP contribution in [0.5, 0.6) is 0 Å². The molecule has 1 heterocycles. The molecular weight excluding hydrogens is 286 g/mol. The third-order valence-electron chi connectivity index (χ3n) is 3.39. The number of likely N-dealkylation sites (N-methyl/N-ethyl adjacent to an activating group) is 2. The minimum Gasteiger partial charge on any atom is -0.396 e. The molecule has 2 rings (SSSR count). The molecule has 0 aliphatic heterocycles. The number of nitrogens with zero attached hydrogens (tertiary/aromatic N) is 3. The Labute approximate surface area is 129 Å². The lowest BCUT2D eigenvalue weighted by Gasteiger charge is -2.20. The molecule has 114 valence electrons. The van der Waals surface area contributed by atoms with Crippen LogP contribution < -0.4 is 16.0 Å². The van der Waals surface area contributed by atoms with Crippen LogP contribution in [0.15, 0.2) is 0 Å².